The van der Waals surface area contributed by atoms with Crippen molar-refractivity contribution < 1.29 is 104 Å². The molecule has 22 heteroatoms. The third-order valence-electron chi connectivity index (χ3n) is 9.47. The lowest BCUT2D eigenvalue weighted by molar-refractivity contribution is -0.389. The van der Waals surface area contributed by atoms with Crippen molar-refractivity contribution >= 4 is 11.0 Å². The van der Waals surface area contributed by atoms with E-state index in [4.69, 9.17) is 32.8 Å². The van der Waals surface area contributed by atoms with Crippen LogP contribution in [0.15, 0.2) is 39.5 Å². The zero-order valence-corrected chi connectivity index (χ0v) is 28.2. The summed E-state index contributed by atoms with van der Waals surface area (Å²) < 4.78 is 40.0. The maximum absolute atomic E-state index is 14.0. The average molecular weight is 789 g/mol. The van der Waals surface area contributed by atoms with Crippen LogP contribution in [-0.2, 0) is 23.7 Å². The van der Waals surface area contributed by atoms with Gasteiger partial charge < -0.3 is 104 Å². The first-order valence-electron chi connectivity index (χ1n) is 16.7. The molecule has 3 aromatic rings. The molecule has 0 saturated carbocycles. The average Bonchev–Trinajstić information content (AvgIpc) is 3.15. The minimum Gasteiger partial charge on any atom is -0.508 e. The molecule has 0 amide bonds. The van der Waals surface area contributed by atoms with Crippen molar-refractivity contribution in [3.05, 3.63) is 40.6 Å². The molecule has 3 aliphatic rings. The SMILES string of the molecule is O=c1c(O[C@H]2O[C@H](CO)[C@H](O)[C@@H](O)[C@H]2O[C@H]2O[C@H](CO)[C@H](O)[C@@H](O)[C@H]2O[C@H]2O[C@H](CO)[C@H](O)[C@@H](O)[C@H]2O)c(-c2ccc(O)c(O)c2)oc2cc(O)cc(O)c12. The van der Waals surface area contributed by atoms with Crippen LogP contribution in [0.1, 0.15) is 0 Å². The van der Waals surface area contributed by atoms with Crippen LogP contribution >= 0.6 is 0 Å². The van der Waals surface area contributed by atoms with Gasteiger partial charge in [-0.05, 0) is 18.2 Å². The monoisotopic (exact) mass is 788 g/mol. The van der Waals surface area contributed by atoms with Gasteiger partial charge in [0.15, 0.2) is 35.9 Å². The highest BCUT2D eigenvalue weighted by atomic mass is 16.8. The first-order chi connectivity index (χ1) is 26.1. The molecule has 304 valence electrons. The molecule has 6 rings (SSSR count). The zero-order valence-electron chi connectivity index (χ0n) is 28.2. The molecule has 14 N–H and O–H groups in total. The second-order valence-electron chi connectivity index (χ2n) is 13.1. The summed E-state index contributed by atoms with van der Waals surface area (Å²) in [6, 6.07) is 4.95. The van der Waals surface area contributed by atoms with Crippen molar-refractivity contribution in [2.75, 3.05) is 19.8 Å². The molecule has 15 atom stereocenters. The molecular formula is C33H40O22. The second-order valence-corrected chi connectivity index (χ2v) is 13.1. The summed E-state index contributed by atoms with van der Waals surface area (Å²) in [7, 11) is 0. The van der Waals surface area contributed by atoms with Crippen molar-refractivity contribution in [3.63, 3.8) is 0 Å². The lowest BCUT2D eigenvalue weighted by Crippen LogP contribution is -2.67. The highest BCUT2D eigenvalue weighted by molar-refractivity contribution is 5.88. The lowest BCUT2D eigenvalue weighted by atomic mass is 9.96. The third-order valence-corrected chi connectivity index (χ3v) is 9.47. The predicted octanol–water partition coefficient (Wildman–Crippen LogP) is -4.89. The number of phenolic OH excluding ortho intramolecular Hbond substituents is 4. The molecule has 1 aromatic heterocycles. The topological polar surface area (TPSA) is 369 Å². The minimum atomic E-state index is -2.12. The Labute approximate surface area is 307 Å². The van der Waals surface area contributed by atoms with Crippen molar-refractivity contribution in [2.24, 2.45) is 0 Å². The van der Waals surface area contributed by atoms with E-state index in [2.05, 4.69) is 0 Å². The van der Waals surface area contributed by atoms with Crippen molar-refractivity contribution in [2.45, 2.75) is 92.1 Å². The Bertz CT molecular complexity index is 1870. The third kappa shape index (κ3) is 7.63. The fourth-order valence-electron chi connectivity index (χ4n) is 6.44. The number of fused-ring (bicyclic) bond motifs is 1. The summed E-state index contributed by atoms with van der Waals surface area (Å²) >= 11 is 0. The van der Waals surface area contributed by atoms with Crippen LogP contribution in [0.4, 0.5) is 0 Å². The number of aliphatic hydroxyl groups is 10. The Morgan fingerprint density at radius 2 is 1.09 bits per heavy atom. The lowest BCUT2D eigenvalue weighted by Gasteiger charge is -2.48. The van der Waals surface area contributed by atoms with E-state index in [9.17, 15) is 76.3 Å². The maximum Gasteiger partial charge on any atom is 0.239 e. The van der Waals surface area contributed by atoms with E-state index in [0.717, 1.165) is 24.3 Å². The molecule has 3 saturated heterocycles. The van der Waals surface area contributed by atoms with E-state index in [1.807, 2.05) is 0 Å². The van der Waals surface area contributed by atoms with Crippen LogP contribution in [0.2, 0.25) is 0 Å². The first kappa shape index (κ1) is 40.7. The van der Waals surface area contributed by atoms with Gasteiger partial charge in [0.25, 0.3) is 0 Å². The summed E-state index contributed by atoms with van der Waals surface area (Å²) in [6.45, 7) is -2.76. The van der Waals surface area contributed by atoms with Gasteiger partial charge in [0.05, 0.1) is 19.8 Å². The van der Waals surface area contributed by atoms with Crippen LogP contribution < -0.4 is 10.2 Å². The molecule has 3 fully saturated rings. The van der Waals surface area contributed by atoms with Gasteiger partial charge in [-0.2, -0.15) is 0 Å². The Balaban J connectivity index is 1.41. The van der Waals surface area contributed by atoms with Crippen molar-refractivity contribution in [1.29, 1.82) is 0 Å². The quantitative estimate of drug-likeness (QED) is 0.0856. The highest BCUT2D eigenvalue weighted by Gasteiger charge is 2.54. The minimum absolute atomic E-state index is 0.133. The Kier molecular flexibility index (Phi) is 12.0. The van der Waals surface area contributed by atoms with Gasteiger partial charge in [-0.25, -0.2) is 0 Å². The van der Waals surface area contributed by atoms with Crippen molar-refractivity contribution in [1.82, 2.24) is 0 Å². The molecule has 3 aliphatic heterocycles. The molecular weight excluding hydrogens is 748 g/mol. The molecule has 0 spiro atoms. The van der Waals surface area contributed by atoms with Gasteiger partial charge in [0.1, 0.15) is 89.6 Å². The van der Waals surface area contributed by atoms with Gasteiger partial charge in [-0.3, -0.25) is 4.79 Å². The van der Waals surface area contributed by atoms with Gasteiger partial charge in [0.2, 0.25) is 17.5 Å². The number of hydrogen-bond acceptors (Lipinski definition) is 22. The number of aliphatic hydroxyl groups excluding tert-OH is 10. The molecule has 2 aromatic carbocycles. The molecule has 0 unspecified atom stereocenters. The second kappa shape index (κ2) is 16.3. The Morgan fingerprint density at radius 3 is 1.67 bits per heavy atom. The number of hydrogen-bond donors (Lipinski definition) is 14. The number of aromatic hydroxyl groups is 4. The fraction of sp³-hybridized carbons (Fsp3) is 0.545. The number of phenols is 4. The van der Waals surface area contributed by atoms with E-state index in [0.29, 0.717) is 0 Å². The van der Waals surface area contributed by atoms with E-state index in [-0.39, 0.29) is 11.1 Å². The predicted molar refractivity (Wildman–Crippen MR) is 174 cm³/mol. The summed E-state index contributed by atoms with van der Waals surface area (Å²) in [4.78, 5) is 14.0. The van der Waals surface area contributed by atoms with Crippen LogP contribution in [0.3, 0.4) is 0 Å². The van der Waals surface area contributed by atoms with E-state index < -0.39 is 157 Å². The smallest absolute Gasteiger partial charge is 0.239 e. The van der Waals surface area contributed by atoms with E-state index in [1.54, 1.807) is 0 Å². The summed E-state index contributed by atoms with van der Waals surface area (Å²) in [5, 5.41) is 145. The van der Waals surface area contributed by atoms with Crippen LogP contribution in [0.25, 0.3) is 22.3 Å². The highest BCUT2D eigenvalue weighted by Crippen LogP contribution is 2.40. The van der Waals surface area contributed by atoms with Gasteiger partial charge in [0, 0.05) is 17.7 Å². The Morgan fingerprint density at radius 1 is 0.564 bits per heavy atom. The van der Waals surface area contributed by atoms with Crippen molar-refractivity contribution in [3.8, 4) is 40.1 Å². The molecule has 22 nitrogen and oxygen atoms in total. The standard InChI is InChI=1S/C33H40O22/c34-6-15-19(41)23(45)26(48)31(50-15)54-29-24(46)20(42)17(8-36)52-33(29)55-30-25(47)21(43)16(7-35)51-32(30)53-28-22(44)18-13(40)4-10(37)5-14(18)49-27(28)9-1-2-11(38)12(39)3-9/h1-5,15-17,19-21,23-26,29-43,45-48H,6-8H2/t15-,16-,17-,19+,20+,21+,23-,24-,25-,26-,29-,30-,31-,32-,33-/m1/s1. The summed E-state index contributed by atoms with van der Waals surface area (Å²) in [5.41, 5.74) is -1.66. The van der Waals surface area contributed by atoms with Crippen LogP contribution in [0.5, 0.6) is 28.7 Å². The molecule has 0 radical (unpaired) electrons. The number of rotatable bonds is 10. The van der Waals surface area contributed by atoms with E-state index >= 15 is 0 Å². The van der Waals surface area contributed by atoms with E-state index in [1.165, 1.54) is 6.07 Å². The summed E-state index contributed by atoms with van der Waals surface area (Å²) in [5.74, 6) is -3.88. The first-order valence-corrected chi connectivity index (χ1v) is 16.7. The van der Waals surface area contributed by atoms with Crippen LogP contribution in [-0.4, -0.2) is 183 Å². The molecule has 55 heavy (non-hydrogen) atoms. The number of ether oxygens (including phenoxy) is 6. The van der Waals surface area contributed by atoms with Gasteiger partial charge >= 0.3 is 0 Å². The van der Waals surface area contributed by atoms with Crippen LogP contribution in [0, 0.1) is 0 Å². The molecule has 0 aliphatic carbocycles. The fourth-order valence-corrected chi connectivity index (χ4v) is 6.44. The maximum atomic E-state index is 14.0. The largest absolute Gasteiger partial charge is 0.508 e. The zero-order chi connectivity index (χ0) is 40.0. The van der Waals surface area contributed by atoms with Gasteiger partial charge in [-0.15, -0.1) is 0 Å². The Hall–Kier alpha value is -3.95. The molecule has 0 bridgehead atoms. The van der Waals surface area contributed by atoms with Gasteiger partial charge in [-0.1, -0.05) is 0 Å². The normalized spacial score (nSPS) is 36.9. The number of benzene rings is 2. The molecule has 4 heterocycles. The summed E-state index contributed by atoms with van der Waals surface area (Å²) in [6.07, 6.45) is -28.7.